The van der Waals surface area contributed by atoms with Crippen molar-refractivity contribution in [2.45, 2.75) is 44.0 Å². The van der Waals surface area contributed by atoms with E-state index < -0.39 is 34.5 Å². The van der Waals surface area contributed by atoms with Crippen LogP contribution in [0.25, 0.3) is 0 Å². The lowest BCUT2D eigenvalue weighted by Gasteiger charge is -2.17. The minimum Gasteiger partial charge on any atom is -0.454 e. The standard InChI is InChI=1S/C21H22ClN3O5S2/c1-12-3-8-16-17(10-23)20(31-18(16)9-12)24-19(26)11-30-21(27)13(2)25-32(28,29)15-6-4-14(22)5-7-15/h4-7,12-13,25H,3,8-9,11H2,1-2H3,(H,24,26)/t12?,13-/m0/s1. The molecule has 170 valence electrons. The average molecular weight is 496 g/mol. The molecular weight excluding hydrogens is 474 g/mol. The lowest BCUT2D eigenvalue weighted by Crippen LogP contribution is -2.40. The van der Waals surface area contributed by atoms with Gasteiger partial charge in [0, 0.05) is 9.90 Å². The van der Waals surface area contributed by atoms with Gasteiger partial charge in [0.25, 0.3) is 5.91 Å². The number of ether oxygens (including phenoxy) is 1. The van der Waals surface area contributed by atoms with Gasteiger partial charge < -0.3 is 10.1 Å². The molecule has 3 rings (SSSR count). The molecule has 0 radical (unpaired) electrons. The van der Waals surface area contributed by atoms with Crippen LogP contribution in [0, 0.1) is 17.2 Å². The topological polar surface area (TPSA) is 125 Å². The Labute approximate surface area is 195 Å². The number of fused-ring (bicyclic) bond motifs is 1. The monoisotopic (exact) mass is 495 g/mol. The Hall–Kier alpha value is -2.45. The number of thiophene rings is 1. The summed E-state index contributed by atoms with van der Waals surface area (Å²) >= 11 is 7.13. The minimum atomic E-state index is -3.97. The highest BCUT2D eigenvalue weighted by molar-refractivity contribution is 7.89. The predicted octanol–water partition coefficient (Wildman–Crippen LogP) is 3.25. The molecule has 2 atom stereocenters. The Morgan fingerprint density at radius 3 is 2.69 bits per heavy atom. The van der Waals surface area contributed by atoms with Crippen LogP contribution in [-0.2, 0) is 37.2 Å². The van der Waals surface area contributed by atoms with Gasteiger partial charge in [-0.25, -0.2) is 8.42 Å². The molecule has 1 amide bonds. The van der Waals surface area contributed by atoms with Crippen LogP contribution in [0.1, 0.15) is 36.3 Å². The van der Waals surface area contributed by atoms with Gasteiger partial charge in [0.05, 0.1) is 10.5 Å². The molecule has 8 nitrogen and oxygen atoms in total. The van der Waals surface area contributed by atoms with E-state index in [1.54, 1.807) is 0 Å². The molecule has 1 aliphatic carbocycles. The van der Waals surface area contributed by atoms with Crippen molar-refractivity contribution in [1.29, 1.82) is 5.26 Å². The summed E-state index contributed by atoms with van der Waals surface area (Å²) in [5, 5.41) is 13.0. The van der Waals surface area contributed by atoms with Crippen molar-refractivity contribution in [1.82, 2.24) is 4.72 Å². The zero-order valence-electron chi connectivity index (χ0n) is 17.5. The summed E-state index contributed by atoms with van der Waals surface area (Å²) in [5.41, 5.74) is 1.44. The van der Waals surface area contributed by atoms with Gasteiger partial charge >= 0.3 is 5.97 Å². The number of rotatable bonds is 7. The summed E-state index contributed by atoms with van der Waals surface area (Å²) in [5.74, 6) is -0.984. The third-order valence-corrected chi connectivity index (χ3v) is 8.01. The first-order valence-corrected chi connectivity index (χ1v) is 12.6. The highest BCUT2D eigenvalue weighted by Crippen LogP contribution is 2.39. The molecule has 0 saturated heterocycles. The fourth-order valence-corrected chi connectivity index (χ4v) is 6.04. The van der Waals surface area contributed by atoms with Crippen molar-refractivity contribution in [2.75, 3.05) is 11.9 Å². The van der Waals surface area contributed by atoms with E-state index in [0.717, 1.165) is 29.7 Å². The predicted molar refractivity (Wildman–Crippen MR) is 121 cm³/mol. The second-order valence-corrected chi connectivity index (χ2v) is 10.9. The lowest BCUT2D eigenvalue weighted by molar-refractivity contribution is -0.148. The van der Waals surface area contributed by atoms with Crippen molar-refractivity contribution in [3.63, 3.8) is 0 Å². The molecular formula is C21H22ClN3O5S2. The molecule has 1 aromatic carbocycles. The summed E-state index contributed by atoms with van der Waals surface area (Å²) in [7, 11) is -3.97. The molecule has 2 aromatic rings. The number of amides is 1. The van der Waals surface area contributed by atoms with E-state index in [1.807, 2.05) is 0 Å². The highest BCUT2D eigenvalue weighted by Gasteiger charge is 2.26. The number of nitriles is 1. The fraction of sp³-hybridized carbons (Fsp3) is 0.381. The zero-order chi connectivity index (χ0) is 23.5. The first kappa shape index (κ1) is 24.2. The van der Waals surface area contributed by atoms with E-state index in [0.29, 0.717) is 21.5 Å². The zero-order valence-corrected chi connectivity index (χ0v) is 19.9. The third kappa shape index (κ3) is 5.66. The van der Waals surface area contributed by atoms with Crippen LogP contribution < -0.4 is 10.0 Å². The van der Waals surface area contributed by atoms with Gasteiger partial charge in [0.15, 0.2) is 6.61 Å². The number of carbonyl (C=O) groups excluding carboxylic acids is 2. The number of nitrogens with one attached hydrogen (secondary N) is 2. The molecule has 0 fully saturated rings. The Morgan fingerprint density at radius 2 is 2.03 bits per heavy atom. The molecule has 1 heterocycles. The van der Waals surface area contributed by atoms with E-state index in [2.05, 4.69) is 23.0 Å². The van der Waals surface area contributed by atoms with E-state index >= 15 is 0 Å². The maximum absolute atomic E-state index is 12.4. The maximum Gasteiger partial charge on any atom is 0.324 e. The number of nitrogens with zero attached hydrogens (tertiary/aromatic N) is 1. The quantitative estimate of drug-likeness (QED) is 0.568. The summed E-state index contributed by atoms with van der Waals surface area (Å²) in [6.07, 6.45) is 2.66. The van der Waals surface area contributed by atoms with Gasteiger partial charge in [-0.2, -0.15) is 9.98 Å². The van der Waals surface area contributed by atoms with Gasteiger partial charge in [0.1, 0.15) is 17.1 Å². The van der Waals surface area contributed by atoms with Crippen LogP contribution in [0.5, 0.6) is 0 Å². The van der Waals surface area contributed by atoms with E-state index in [4.69, 9.17) is 16.3 Å². The van der Waals surface area contributed by atoms with Crippen LogP contribution in [0.2, 0.25) is 5.02 Å². The normalized spacial score (nSPS) is 16.5. The maximum atomic E-state index is 12.4. The molecule has 0 aliphatic heterocycles. The molecule has 1 aromatic heterocycles. The van der Waals surface area contributed by atoms with Crippen molar-refractivity contribution >= 4 is 49.8 Å². The minimum absolute atomic E-state index is 0.0562. The first-order chi connectivity index (χ1) is 15.1. The summed E-state index contributed by atoms with van der Waals surface area (Å²) in [4.78, 5) is 25.5. The van der Waals surface area contributed by atoms with Crippen LogP contribution >= 0.6 is 22.9 Å². The Kier molecular flexibility index (Phi) is 7.56. The molecule has 1 aliphatic rings. The van der Waals surface area contributed by atoms with Crippen LogP contribution in [-0.4, -0.2) is 32.9 Å². The van der Waals surface area contributed by atoms with E-state index in [1.165, 1.54) is 42.5 Å². The lowest BCUT2D eigenvalue weighted by atomic mass is 9.89. The Bertz CT molecular complexity index is 1170. The smallest absolute Gasteiger partial charge is 0.324 e. The van der Waals surface area contributed by atoms with Crippen LogP contribution in [0.3, 0.4) is 0 Å². The van der Waals surface area contributed by atoms with E-state index in [9.17, 15) is 23.3 Å². The Morgan fingerprint density at radius 1 is 1.34 bits per heavy atom. The summed E-state index contributed by atoms with van der Waals surface area (Å²) in [6, 6.07) is 6.40. The third-order valence-electron chi connectivity index (χ3n) is 5.03. The first-order valence-electron chi connectivity index (χ1n) is 9.89. The molecule has 0 spiro atoms. The summed E-state index contributed by atoms with van der Waals surface area (Å²) < 4.78 is 31.9. The SMILES string of the molecule is CC1CCc2c(sc(NC(=O)COC(=O)[C@H](C)NS(=O)(=O)c3ccc(Cl)cc3)c2C#N)C1. The number of anilines is 1. The van der Waals surface area contributed by atoms with Crippen molar-refractivity contribution in [2.24, 2.45) is 5.92 Å². The number of halogens is 1. The van der Waals surface area contributed by atoms with E-state index in [-0.39, 0.29) is 4.90 Å². The summed E-state index contributed by atoms with van der Waals surface area (Å²) in [6.45, 7) is 2.86. The van der Waals surface area contributed by atoms with Crippen LogP contribution in [0.15, 0.2) is 29.2 Å². The molecule has 1 unspecified atom stereocenters. The Balaban J connectivity index is 1.56. The molecule has 2 N–H and O–H groups in total. The molecule has 0 bridgehead atoms. The number of esters is 1. The van der Waals surface area contributed by atoms with Crippen molar-refractivity contribution < 1.29 is 22.7 Å². The van der Waals surface area contributed by atoms with Gasteiger partial charge in [-0.15, -0.1) is 11.3 Å². The van der Waals surface area contributed by atoms with Crippen molar-refractivity contribution in [3.8, 4) is 6.07 Å². The number of carbonyl (C=O) groups is 2. The molecule has 11 heteroatoms. The average Bonchev–Trinajstić information content (AvgIpc) is 3.07. The number of hydrogen-bond acceptors (Lipinski definition) is 7. The largest absolute Gasteiger partial charge is 0.454 e. The fourth-order valence-electron chi connectivity index (χ4n) is 3.34. The van der Waals surface area contributed by atoms with Gasteiger partial charge in [-0.3, -0.25) is 9.59 Å². The van der Waals surface area contributed by atoms with Gasteiger partial charge in [-0.1, -0.05) is 18.5 Å². The van der Waals surface area contributed by atoms with Gasteiger partial charge in [-0.05, 0) is 61.9 Å². The number of sulfonamides is 1. The second-order valence-electron chi connectivity index (χ2n) is 7.62. The molecule has 0 saturated carbocycles. The van der Waals surface area contributed by atoms with Crippen molar-refractivity contribution in [3.05, 3.63) is 45.3 Å². The van der Waals surface area contributed by atoms with Gasteiger partial charge in [0.2, 0.25) is 10.0 Å². The molecule has 32 heavy (non-hydrogen) atoms. The highest BCUT2D eigenvalue weighted by atomic mass is 35.5. The number of hydrogen-bond donors (Lipinski definition) is 2. The van der Waals surface area contributed by atoms with Crippen LogP contribution in [0.4, 0.5) is 5.00 Å². The number of benzene rings is 1. The second kappa shape index (κ2) is 10.0.